The van der Waals surface area contributed by atoms with Crippen LogP contribution in [0.3, 0.4) is 0 Å². The van der Waals surface area contributed by atoms with Gasteiger partial charge < -0.3 is 14.2 Å². The van der Waals surface area contributed by atoms with Gasteiger partial charge in [0.05, 0.1) is 22.1 Å². The Morgan fingerprint density at radius 1 is 0.500 bits per heavy atom. The summed E-state index contributed by atoms with van der Waals surface area (Å²) >= 11 is 0. The van der Waals surface area contributed by atoms with Crippen molar-refractivity contribution in [1.29, 1.82) is 0 Å². The van der Waals surface area contributed by atoms with Gasteiger partial charge in [-0.2, -0.15) is 0 Å². The van der Waals surface area contributed by atoms with Crippen LogP contribution >= 0.6 is 0 Å². The molecule has 1 spiro atoms. The molecule has 5 nitrogen and oxygen atoms in total. The Hall–Kier alpha value is -7.76. The number of rotatable bonds is 3. The van der Waals surface area contributed by atoms with E-state index in [0.717, 1.165) is 61.3 Å². The van der Waals surface area contributed by atoms with E-state index in [1.807, 2.05) is 0 Å². The highest BCUT2D eigenvalue weighted by Gasteiger charge is 2.51. The standard InChI is InChI=1S/C55H36N4O/c1-58-53(41-25-13-19-35-17-3-5-21-37(35)41)56-52(40-24-12-18-34-16-2-4-20-36(34)40)57-54(58)42-26-15-30-46-51(42)60-49-33-11-8-28-44(49)55(46)43-27-7-10-32-48(43)59-47-31-9-6-22-38(47)39-23-14-29-45(55)50(39)59/h2-33,54H,1H3. The van der Waals surface area contributed by atoms with Gasteiger partial charge in [0.15, 0.2) is 12.0 Å². The number of para-hydroxylation sites is 5. The molecule has 0 saturated heterocycles. The van der Waals surface area contributed by atoms with E-state index in [1.54, 1.807) is 0 Å². The number of ether oxygens (including phenoxy) is 1. The molecular formula is C55H36N4O. The van der Waals surface area contributed by atoms with Crippen LogP contribution in [0, 0.1) is 0 Å². The van der Waals surface area contributed by atoms with Gasteiger partial charge in [-0.15, -0.1) is 0 Å². The molecule has 0 bridgehead atoms. The van der Waals surface area contributed by atoms with E-state index < -0.39 is 11.6 Å². The average Bonchev–Trinajstić information content (AvgIpc) is 3.65. The Kier molecular flexibility index (Phi) is 6.85. The highest BCUT2D eigenvalue weighted by molar-refractivity contribution is 6.20. The van der Waals surface area contributed by atoms with Crippen LogP contribution in [0.15, 0.2) is 204 Å². The van der Waals surface area contributed by atoms with Crippen LogP contribution in [-0.2, 0) is 5.41 Å². The molecule has 5 heteroatoms. The molecule has 2 atom stereocenters. The minimum absolute atomic E-state index is 0.469. The third-order valence-corrected chi connectivity index (χ3v) is 13.1. The number of nitrogens with zero attached hydrogens (tertiary/aromatic N) is 4. The van der Waals surface area contributed by atoms with Crippen LogP contribution < -0.4 is 4.74 Å². The summed E-state index contributed by atoms with van der Waals surface area (Å²) in [5.74, 6) is 3.22. The van der Waals surface area contributed by atoms with Crippen LogP contribution in [0.2, 0.25) is 0 Å². The Morgan fingerprint density at radius 2 is 1.08 bits per heavy atom. The largest absolute Gasteiger partial charge is 0.456 e. The van der Waals surface area contributed by atoms with Gasteiger partial charge in [0, 0.05) is 45.6 Å². The second kappa shape index (κ2) is 12.4. The molecule has 2 unspecified atom stereocenters. The molecule has 13 rings (SSSR count). The summed E-state index contributed by atoms with van der Waals surface area (Å²) in [4.78, 5) is 13.3. The van der Waals surface area contributed by atoms with Gasteiger partial charge in [0.1, 0.15) is 17.3 Å². The highest BCUT2D eigenvalue weighted by Crippen LogP contribution is 2.61. The van der Waals surface area contributed by atoms with E-state index in [1.165, 1.54) is 44.0 Å². The molecule has 9 aromatic carbocycles. The number of aromatic nitrogens is 1. The number of aliphatic imine (C=N–C) groups is 2. The minimum Gasteiger partial charge on any atom is -0.456 e. The van der Waals surface area contributed by atoms with Crippen LogP contribution in [0.4, 0.5) is 0 Å². The Morgan fingerprint density at radius 3 is 1.92 bits per heavy atom. The van der Waals surface area contributed by atoms with Crippen molar-refractivity contribution in [3.05, 3.63) is 233 Å². The maximum atomic E-state index is 7.28. The van der Waals surface area contributed by atoms with Gasteiger partial charge >= 0.3 is 0 Å². The average molecular weight is 769 g/mol. The van der Waals surface area contributed by atoms with Crippen molar-refractivity contribution in [3.63, 3.8) is 0 Å². The third-order valence-electron chi connectivity index (χ3n) is 13.1. The lowest BCUT2D eigenvalue weighted by atomic mass is 9.61. The molecule has 0 N–H and O–H groups in total. The first-order valence-electron chi connectivity index (χ1n) is 20.6. The summed E-state index contributed by atoms with van der Waals surface area (Å²) in [5.41, 5.74) is 10.6. The molecule has 0 aliphatic carbocycles. The zero-order valence-electron chi connectivity index (χ0n) is 32.7. The van der Waals surface area contributed by atoms with Crippen molar-refractivity contribution < 1.29 is 4.74 Å². The Bertz CT molecular complexity index is 3510. The Balaban J connectivity index is 1.11. The van der Waals surface area contributed by atoms with Gasteiger partial charge in [-0.25, -0.2) is 9.98 Å². The van der Waals surface area contributed by atoms with Crippen LogP contribution in [-0.4, -0.2) is 28.2 Å². The minimum atomic E-state index is -0.692. The summed E-state index contributed by atoms with van der Waals surface area (Å²) in [6, 6.07) is 69.8. The molecule has 10 aromatic rings. The molecule has 0 fully saturated rings. The first kappa shape index (κ1) is 33.2. The number of hydrogen-bond acceptors (Lipinski definition) is 4. The molecule has 3 aliphatic rings. The first-order chi connectivity index (χ1) is 29.7. The molecule has 1 aromatic heterocycles. The third kappa shape index (κ3) is 4.36. The van der Waals surface area contributed by atoms with Crippen molar-refractivity contribution >= 4 is 55.0 Å². The zero-order chi connectivity index (χ0) is 39.5. The normalized spacial score (nSPS) is 17.6. The quantitative estimate of drug-likeness (QED) is 0.180. The molecular weight excluding hydrogens is 733 g/mol. The number of benzene rings is 9. The van der Waals surface area contributed by atoms with Crippen molar-refractivity contribution in [1.82, 2.24) is 9.47 Å². The summed E-state index contributed by atoms with van der Waals surface area (Å²) in [6.45, 7) is 0. The second-order valence-corrected chi connectivity index (χ2v) is 16.1. The lowest BCUT2D eigenvalue weighted by Gasteiger charge is -2.46. The predicted octanol–water partition coefficient (Wildman–Crippen LogP) is 12.7. The van der Waals surface area contributed by atoms with Gasteiger partial charge in [0.2, 0.25) is 0 Å². The molecule has 282 valence electrons. The summed E-state index contributed by atoms with van der Waals surface area (Å²) in [5, 5.41) is 7.06. The van der Waals surface area contributed by atoms with E-state index in [-0.39, 0.29) is 0 Å². The zero-order valence-corrected chi connectivity index (χ0v) is 32.7. The smallest absolute Gasteiger partial charge is 0.160 e. The highest BCUT2D eigenvalue weighted by atomic mass is 16.5. The topological polar surface area (TPSA) is 42.1 Å². The molecule has 60 heavy (non-hydrogen) atoms. The molecule has 4 heterocycles. The fourth-order valence-electron chi connectivity index (χ4n) is 10.6. The number of hydrogen-bond donors (Lipinski definition) is 0. The van der Waals surface area contributed by atoms with Crippen molar-refractivity contribution in [2.45, 2.75) is 11.6 Å². The molecule has 0 saturated carbocycles. The van der Waals surface area contributed by atoms with Gasteiger partial charge in [0.25, 0.3) is 0 Å². The number of amidine groups is 2. The van der Waals surface area contributed by atoms with E-state index in [4.69, 9.17) is 14.7 Å². The molecule has 3 aliphatic heterocycles. The van der Waals surface area contributed by atoms with Gasteiger partial charge in [-0.1, -0.05) is 176 Å². The lowest BCUT2D eigenvalue weighted by molar-refractivity contribution is 0.359. The van der Waals surface area contributed by atoms with Gasteiger partial charge in [-0.05, 0) is 50.9 Å². The first-order valence-corrected chi connectivity index (χ1v) is 20.6. The van der Waals surface area contributed by atoms with Crippen LogP contribution in [0.1, 0.15) is 45.1 Å². The summed E-state index contributed by atoms with van der Waals surface area (Å²) < 4.78 is 9.75. The summed E-state index contributed by atoms with van der Waals surface area (Å²) in [7, 11) is 2.12. The SMILES string of the molecule is CN1C(c2cccc3ccccc23)=NC(c2cccc3ccccc23)=NC1c1cccc2c1Oc1ccccc1C21c2ccccc2-n2c3ccccc3c3cccc1c32. The fraction of sp³-hybridized carbons (Fsp3) is 0.0545. The Labute approximate surface area is 346 Å². The van der Waals surface area contributed by atoms with E-state index in [0.29, 0.717) is 5.84 Å². The van der Waals surface area contributed by atoms with Crippen LogP contribution in [0.25, 0.3) is 49.0 Å². The monoisotopic (exact) mass is 768 g/mol. The summed E-state index contributed by atoms with van der Waals surface area (Å²) in [6.07, 6.45) is -0.469. The molecule has 0 radical (unpaired) electrons. The maximum Gasteiger partial charge on any atom is 0.160 e. The maximum absolute atomic E-state index is 7.28. The van der Waals surface area contributed by atoms with E-state index in [2.05, 4.69) is 211 Å². The van der Waals surface area contributed by atoms with Crippen molar-refractivity contribution in [2.75, 3.05) is 7.05 Å². The van der Waals surface area contributed by atoms with E-state index >= 15 is 0 Å². The van der Waals surface area contributed by atoms with Gasteiger partial charge in [-0.3, -0.25) is 0 Å². The van der Waals surface area contributed by atoms with E-state index in [9.17, 15) is 0 Å². The van der Waals surface area contributed by atoms with Crippen molar-refractivity contribution in [3.8, 4) is 17.2 Å². The van der Waals surface area contributed by atoms with Crippen molar-refractivity contribution in [2.24, 2.45) is 9.98 Å². The molecule has 0 amide bonds. The second-order valence-electron chi connectivity index (χ2n) is 16.1. The predicted molar refractivity (Wildman–Crippen MR) is 244 cm³/mol. The van der Waals surface area contributed by atoms with Crippen LogP contribution in [0.5, 0.6) is 11.5 Å². The fourth-order valence-corrected chi connectivity index (χ4v) is 10.6. The lowest BCUT2D eigenvalue weighted by Crippen LogP contribution is -2.39. The number of fused-ring (bicyclic) bond motifs is 13.